The lowest BCUT2D eigenvalue weighted by atomic mass is 9.71. The number of piperidine rings is 2. The lowest BCUT2D eigenvalue weighted by Crippen LogP contribution is -2.65. The van der Waals surface area contributed by atoms with Crippen LogP contribution in [0, 0.1) is 16.7 Å². The summed E-state index contributed by atoms with van der Waals surface area (Å²) in [5.41, 5.74) is -1.63. The molecule has 1 aromatic heterocycles. The van der Waals surface area contributed by atoms with Gasteiger partial charge in [-0.15, -0.1) is 0 Å². The van der Waals surface area contributed by atoms with Crippen LogP contribution >= 0.6 is 0 Å². The normalized spacial score (nSPS) is 21.6. The highest BCUT2D eigenvalue weighted by atomic mass is 32.2. The molecule has 3 aromatic rings. The van der Waals surface area contributed by atoms with Crippen LogP contribution in [0.3, 0.4) is 0 Å². The van der Waals surface area contributed by atoms with Crippen molar-refractivity contribution >= 4 is 27.6 Å². The maximum absolute atomic E-state index is 15.2. The van der Waals surface area contributed by atoms with Crippen LogP contribution in [0.15, 0.2) is 59.6 Å². The molecule has 0 bridgehead atoms. The van der Waals surface area contributed by atoms with Gasteiger partial charge in [0.2, 0.25) is 5.88 Å². The van der Waals surface area contributed by atoms with E-state index < -0.39 is 27.5 Å². The number of fused-ring (bicyclic) bond motifs is 1. The number of likely N-dealkylation sites (tertiary alicyclic amines) is 2. The van der Waals surface area contributed by atoms with Gasteiger partial charge in [-0.1, -0.05) is 0 Å². The van der Waals surface area contributed by atoms with Gasteiger partial charge < -0.3 is 29.7 Å². The number of amides is 3. The second kappa shape index (κ2) is 13.9. The topological polar surface area (TPSA) is 166 Å². The SMILES string of the molecule is CCOc1ncccc1C1(NC(=O)N2CCC3(CC2)CN(C2CCNCC2)C3)C(=O)N(S(=O)(=O)c2ccc(OC)cc2OC)c2ccc(C#N)cc21. The van der Waals surface area contributed by atoms with E-state index in [2.05, 4.69) is 26.6 Å². The average Bonchev–Trinajstić information content (AvgIpc) is 3.41. The molecule has 5 heterocycles. The fourth-order valence-corrected chi connectivity index (χ4v) is 9.75. The third-order valence-electron chi connectivity index (χ3n) is 10.9. The molecule has 14 nitrogen and oxygen atoms in total. The second-order valence-corrected chi connectivity index (χ2v) is 15.5. The van der Waals surface area contributed by atoms with Gasteiger partial charge in [-0.25, -0.2) is 18.2 Å². The van der Waals surface area contributed by atoms with Crippen molar-refractivity contribution in [3.63, 3.8) is 0 Å². The van der Waals surface area contributed by atoms with Gasteiger partial charge in [0.05, 0.1) is 43.7 Å². The first kappa shape index (κ1) is 35.5. The summed E-state index contributed by atoms with van der Waals surface area (Å²) in [7, 11) is -1.94. The van der Waals surface area contributed by atoms with Crippen LogP contribution in [-0.2, 0) is 20.4 Å². The molecule has 3 amide bonds. The van der Waals surface area contributed by atoms with Crippen molar-refractivity contribution in [3.8, 4) is 23.4 Å². The van der Waals surface area contributed by atoms with Crippen molar-refractivity contribution in [1.29, 1.82) is 5.26 Å². The number of nitriles is 1. The second-order valence-electron chi connectivity index (χ2n) is 13.8. The zero-order chi connectivity index (χ0) is 36.7. The van der Waals surface area contributed by atoms with Crippen LogP contribution in [0.5, 0.6) is 17.4 Å². The molecule has 2 N–H and O–H groups in total. The molecule has 4 aliphatic heterocycles. The molecule has 2 aromatic carbocycles. The monoisotopic (exact) mass is 729 g/mol. The number of carbonyl (C=O) groups is 2. The van der Waals surface area contributed by atoms with Crippen molar-refractivity contribution < 1.29 is 32.2 Å². The highest BCUT2D eigenvalue weighted by molar-refractivity contribution is 7.93. The van der Waals surface area contributed by atoms with E-state index in [9.17, 15) is 18.5 Å². The third kappa shape index (κ3) is 5.88. The molecular weight excluding hydrogens is 687 g/mol. The Morgan fingerprint density at radius 3 is 2.48 bits per heavy atom. The van der Waals surface area contributed by atoms with Crippen molar-refractivity contribution in [2.24, 2.45) is 5.41 Å². The predicted octanol–water partition coefficient (Wildman–Crippen LogP) is 3.21. The fraction of sp³-hybridized carbons (Fsp3) is 0.459. The fourth-order valence-electron chi connectivity index (χ4n) is 8.15. The van der Waals surface area contributed by atoms with Gasteiger partial charge in [-0.05, 0) is 93.6 Å². The number of pyridine rings is 1. The van der Waals surface area contributed by atoms with Crippen molar-refractivity contribution in [1.82, 2.24) is 25.4 Å². The summed E-state index contributed by atoms with van der Waals surface area (Å²) < 4.78 is 46.6. The lowest BCUT2D eigenvalue weighted by Gasteiger charge is -2.57. The van der Waals surface area contributed by atoms with E-state index in [0.29, 0.717) is 29.2 Å². The summed E-state index contributed by atoms with van der Waals surface area (Å²) >= 11 is 0. The molecule has 274 valence electrons. The van der Waals surface area contributed by atoms with Crippen molar-refractivity contribution in [2.45, 2.75) is 49.1 Å². The van der Waals surface area contributed by atoms with Crippen LogP contribution in [0.2, 0.25) is 0 Å². The highest BCUT2D eigenvalue weighted by Gasteiger charge is 2.59. The first-order chi connectivity index (χ1) is 25.1. The van der Waals surface area contributed by atoms with E-state index >= 15 is 4.79 Å². The van der Waals surface area contributed by atoms with Gasteiger partial charge in [0.15, 0.2) is 5.54 Å². The molecule has 1 spiro atoms. The number of hydrogen-bond donors (Lipinski definition) is 2. The van der Waals surface area contributed by atoms with Gasteiger partial charge >= 0.3 is 6.03 Å². The minimum absolute atomic E-state index is 0.0291. The number of carbonyl (C=O) groups excluding carboxylic acids is 2. The summed E-state index contributed by atoms with van der Waals surface area (Å²) in [6.07, 6.45) is 5.40. The van der Waals surface area contributed by atoms with E-state index in [1.807, 2.05) is 0 Å². The summed E-state index contributed by atoms with van der Waals surface area (Å²) in [5, 5.41) is 16.4. The Morgan fingerprint density at radius 1 is 1.06 bits per heavy atom. The Kier molecular flexibility index (Phi) is 9.49. The number of ether oxygens (including phenoxy) is 3. The van der Waals surface area contributed by atoms with Crippen molar-refractivity contribution in [2.75, 3.05) is 64.4 Å². The zero-order valence-corrected chi connectivity index (χ0v) is 30.4. The number of nitrogens with zero attached hydrogens (tertiary/aromatic N) is 5. The van der Waals surface area contributed by atoms with Gasteiger partial charge in [0, 0.05) is 50.0 Å². The molecule has 7 rings (SSSR count). The zero-order valence-electron chi connectivity index (χ0n) is 29.6. The molecule has 1 unspecified atom stereocenters. The number of sulfonamides is 1. The quantitative estimate of drug-likeness (QED) is 0.332. The molecule has 1 atom stereocenters. The number of aromatic nitrogens is 1. The Balaban J connectivity index is 1.27. The number of benzene rings is 2. The molecule has 3 saturated heterocycles. The molecule has 4 aliphatic rings. The smallest absolute Gasteiger partial charge is 0.318 e. The average molecular weight is 730 g/mol. The molecule has 52 heavy (non-hydrogen) atoms. The standard InChI is InChI=1S/C37H43N7O7S/c1-4-51-33-28(6-5-15-40-33)37(41-35(46)42-18-13-36(14-19-42)23-43(24-36)26-11-16-39-17-12-26)29-20-25(22-38)7-9-30(29)44(34(37)45)52(47,48)32-10-8-27(49-2)21-31(32)50-3/h5-10,15,20-21,26,39H,4,11-14,16-19,23-24H2,1-3H3,(H,41,46). The molecule has 0 saturated carbocycles. The Hall–Kier alpha value is -4.91. The van der Waals surface area contributed by atoms with Gasteiger partial charge in [0.25, 0.3) is 15.9 Å². The molecular formula is C37H43N7O7S. The molecule has 0 aliphatic carbocycles. The summed E-state index contributed by atoms with van der Waals surface area (Å²) in [6.45, 7) is 6.97. The van der Waals surface area contributed by atoms with Crippen molar-refractivity contribution in [3.05, 3.63) is 71.4 Å². The van der Waals surface area contributed by atoms with Gasteiger partial charge in [-0.3, -0.25) is 9.69 Å². The highest BCUT2D eigenvalue weighted by Crippen LogP contribution is 2.50. The van der Waals surface area contributed by atoms with Gasteiger partial charge in [-0.2, -0.15) is 9.57 Å². The number of anilines is 1. The Bertz CT molecular complexity index is 2010. The third-order valence-corrected chi connectivity index (χ3v) is 12.6. The number of rotatable bonds is 9. The van der Waals surface area contributed by atoms with E-state index in [1.165, 1.54) is 56.8 Å². The van der Waals surface area contributed by atoms with Crippen LogP contribution in [-0.4, -0.2) is 101 Å². The summed E-state index contributed by atoms with van der Waals surface area (Å²) in [6, 6.07) is 13.7. The maximum atomic E-state index is 15.2. The largest absolute Gasteiger partial charge is 0.497 e. The van der Waals surface area contributed by atoms with Gasteiger partial charge in [0.1, 0.15) is 16.4 Å². The molecule has 3 fully saturated rings. The Labute approximate surface area is 303 Å². The first-order valence-corrected chi connectivity index (χ1v) is 19.0. The van der Waals surface area contributed by atoms with E-state index in [1.54, 1.807) is 24.0 Å². The minimum Gasteiger partial charge on any atom is -0.497 e. The first-order valence-electron chi connectivity index (χ1n) is 17.6. The van der Waals surface area contributed by atoms with Crippen LogP contribution in [0.4, 0.5) is 10.5 Å². The minimum atomic E-state index is -4.69. The number of hydrogen-bond acceptors (Lipinski definition) is 11. The molecule has 15 heteroatoms. The van der Waals surface area contributed by atoms with Crippen LogP contribution < -0.4 is 29.1 Å². The van der Waals surface area contributed by atoms with Crippen LogP contribution in [0.1, 0.15) is 49.3 Å². The number of urea groups is 1. The summed E-state index contributed by atoms with van der Waals surface area (Å²) in [4.78, 5) is 38.0. The maximum Gasteiger partial charge on any atom is 0.318 e. The summed E-state index contributed by atoms with van der Waals surface area (Å²) in [5.74, 6) is -0.636. The molecule has 0 radical (unpaired) electrons. The number of nitrogens with one attached hydrogen (secondary N) is 2. The van der Waals surface area contributed by atoms with E-state index in [0.717, 1.165) is 51.9 Å². The van der Waals surface area contributed by atoms with Crippen LogP contribution in [0.25, 0.3) is 0 Å². The lowest BCUT2D eigenvalue weighted by molar-refractivity contribution is -0.121. The van der Waals surface area contributed by atoms with E-state index in [-0.39, 0.29) is 50.9 Å². The predicted molar refractivity (Wildman–Crippen MR) is 191 cm³/mol. The Morgan fingerprint density at radius 2 is 1.81 bits per heavy atom. The number of methoxy groups -OCH3 is 2. The van der Waals surface area contributed by atoms with E-state index in [4.69, 9.17) is 14.2 Å².